The van der Waals surface area contributed by atoms with Crippen molar-refractivity contribution in [2.45, 2.75) is 6.92 Å². The van der Waals surface area contributed by atoms with Gasteiger partial charge in [0.1, 0.15) is 5.82 Å². The van der Waals surface area contributed by atoms with Crippen molar-refractivity contribution in [2.75, 3.05) is 11.4 Å². The Bertz CT molecular complexity index is 566. The molecule has 0 aromatic heterocycles. The Morgan fingerprint density at radius 1 is 1.16 bits per heavy atom. The largest absolute Gasteiger partial charge is 0.309 e. The Balaban J connectivity index is 2.42. The van der Waals surface area contributed by atoms with E-state index in [9.17, 15) is 9.18 Å². The van der Waals surface area contributed by atoms with Crippen LogP contribution >= 0.6 is 15.9 Å². The second-order valence-corrected chi connectivity index (χ2v) is 4.84. The van der Waals surface area contributed by atoms with E-state index < -0.39 is 5.82 Å². The molecule has 0 heterocycles. The van der Waals surface area contributed by atoms with Gasteiger partial charge in [0.25, 0.3) is 5.91 Å². The first-order valence-electron chi connectivity index (χ1n) is 5.96. The maximum atomic E-state index is 13.8. The van der Waals surface area contributed by atoms with Gasteiger partial charge in [0, 0.05) is 16.7 Å². The highest BCUT2D eigenvalue weighted by Gasteiger charge is 2.21. The van der Waals surface area contributed by atoms with E-state index in [0.717, 1.165) is 5.69 Å². The van der Waals surface area contributed by atoms with Gasteiger partial charge in [0.15, 0.2) is 0 Å². The van der Waals surface area contributed by atoms with E-state index in [0.29, 0.717) is 11.0 Å². The Hall–Kier alpha value is -1.68. The highest BCUT2D eigenvalue weighted by atomic mass is 79.9. The fourth-order valence-electron chi connectivity index (χ4n) is 1.89. The zero-order valence-electron chi connectivity index (χ0n) is 10.4. The van der Waals surface area contributed by atoms with Crippen LogP contribution in [0.25, 0.3) is 0 Å². The quantitative estimate of drug-likeness (QED) is 0.827. The van der Waals surface area contributed by atoms with Crippen LogP contribution in [0.15, 0.2) is 53.0 Å². The van der Waals surface area contributed by atoms with Gasteiger partial charge in [-0.2, -0.15) is 0 Å². The number of carbonyl (C=O) groups excluding carboxylic acids is 1. The van der Waals surface area contributed by atoms with Crippen molar-refractivity contribution in [1.29, 1.82) is 0 Å². The summed E-state index contributed by atoms with van der Waals surface area (Å²) in [5.74, 6) is -0.868. The van der Waals surface area contributed by atoms with Crippen LogP contribution in [0.4, 0.5) is 10.1 Å². The van der Waals surface area contributed by atoms with Gasteiger partial charge in [-0.15, -0.1) is 0 Å². The number of halogens is 2. The SMILES string of the molecule is CCN(C(=O)c1c(F)cccc1Br)c1ccccc1. The van der Waals surface area contributed by atoms with Crippen molar-refractivity contribution in [3.05, 3.63) is 64.4 Å². The third-order valence-electron chi connectivity index (χ3n) is 2.81. The van der Waals surface area contributed by atoms with E-state index >= 15 is 0 Å². The van der Waals surface area contributed by atoms with Crippen LogP contribution in [0, 0.1) is 5.82 Å². The van der Waals surface area contributed by atoms with E-state index in [1.807, 2.05) is 37.3 Å². The van der Waals surface area contributed by atoms with Gasteiger partial charge in [0.2, 0.25) is 0 Å². The predicted octanol–water partition coefficient (Wildman–Crippen LogP) is 4.25. The van der Waals surface area contributed by atoms with Gasteiger partial charge >= 0.3 is 0 Å². The van der Waals surface area contributed by atoms with E-state index in [1.54, 1.807) is 17.0 Å². The number of hydrogen-bond acceptors (Lipinski definition) is 1. The van der Waals surface area contributed by atoms with Gasteiger partial charge in [0.05, 0.1) is 5.56 Å². The van der Waals surface area contributed by atoms with E-state index in [2.05, 4.69) is 15.9 Å². The van der Waals surface area contributed by atoms with Gasteiger partial charge in [-0.3, -0.25) is 4.79 Å². The van der Waals surface area contributed by atoms with Crippen molar-refractivity contribution in [1.82, 2.24) is 0 Å². The van der Waals surface area contributed by atoms with Crippen molar-refractivity contribution in [2.24, 2.45) is 0 Å². The van der Waals surface area contributed by atoms with Crippen LogP contribution in [-0.2, 0) is 0 Å². The molecule has 1 amide bonds. The zero-order chi connectivity index (χ0) is 13.8. The molecule has 0 aliphatic carbocycles. The molecule has 19 heavy (non-hydrogen) atoms. The zero-order valence-corrected chi connectivity index (χ0v) is 12.0. The molecule has 4 heteroatoms. The lowest BCUT2D eigenvalue weighted by Crippen LogP contribution is -2.31. The Morgan fingerprint density at radius 3 is 2.42 bits per heavy atom. The van der Waals surface area contributed by atoms with Crippen LogP contribution in [0.3, 0.4) is 0 Å². The first kappa shape index (κ1) is 13.7. The Labute approximate surface area is 120 Å². The molecule has 0 aliphatic rings. The first-order chi connectivity index (χ1) is 9.15. The molecule has 0 fully saturated rings. The normalized spacial score (nSPS) is 10.3. The number of carbonyl (C=O) groups is 1. The minimum absolute atomic E-state index is 0.0632. The summed E-state index contributed by atoms with van der Waals surface area (Å²) in [7, 11) is 0. The molecule has 0 bridgehead atoms. The molecule has 0 unspecified atom stereocenters. The van der Waals surface area contributed by atoms with Crippen LogP contribution in [0.2, 0.25) is 0 Å². The number of rotatable bonds is 3. The first-order valence-corrected chi connectivity index (χ1v) is 6.75. The van der Waals surface area contributed by atoms with Crippen LogP contribution < -0.4 is 4.90 Å². The lowest BCUT2D eigenvalue weighted by molar-refractivity contribution is 0.0983. The minimum Gasteiger partial charge on any atom is -0.309 e. The molecule has 0 radical (unpaired) electrons. The molecule has 0 saturated heterocycles. The maximum Gasteiger partial charge on any atom is 0.262 e. The average molecular weight is 322 g/mol. The van der Waals surface area contributed by atoms with Crippen LogP contribution in [-0.4, -0.2) is 12.5 Å². The monoisotopic (exact) mass is 321 g/mol. The third-order valence-corrected chi connectivity index (χ3v) is 3.47. The highest BCUT2D eigenvalue weighted by Crippen LogP contribution is 2.24. The van der Waals surface area contributed by atoms with Crippen LogP contribution in [0.1, 0.15) is 17.3 Å². The van der Waals surface area contributed by atoms with E-state index in [-0.39, 0.29) is 11.5 Å². The standard InChI is InChI=1S/C15H13BrFNO/c1-2-18(11-7-4-3-5-8-11)15(19)14-12(16)9-6-10-13(14)17/h3-10H,2H2,1H3. The van der Waals surface area contributed by atoms with Crippen LogP contribution in [0.5, 0.6) is 0 Å². The summed E-state index contributed by atoms with van der Waals surface area (Å²) in [5.41, 5.74) is 0.818. The Morgan fingerprint density at radius 2 is 1.84 bits per heavy atom. The van der Waals surface area contributed by atoms with Gasteiger partial charge in [-0.1, -0.05) is 24.3 Å². The smallest absolute Gasteiger partial charge is 0.262 e. The summed E-state index contributed by atoms with van der Waals surface area (Å²) in [4.78, 5) is 14.0. The number of benzene rings is 2. The van der Waals surface area contributed by atoms with Crippen molar-refractivity contribution in [3.8, 4) is 0 Å². The molecule has 0 atom stereocenters. The second-order valence-electron chi connectivity index (χ2n) is 3.98. The lowest BCUT2D eigenvalue weighted by atomic mass is 10.1. The number of hydrogen-bond donors (Lipinski definition) is 0. The molecule has 0 aliphatic heterocycles. The van der Waals surface area contributed by atoms with Crippen molar-refractivity contribution in [3.63, 3.8) is 0 Å². The minimum atomic E-state index is -0.520. The number of para-hydroxylation sites is 1. The van der Waals surface area contributed by atoms with Gasteiger partial charge in [-0.05, 0) is 47.1 Å². The third kappa shape index (κ3) is 2.84. The molecule has 0 spiro atoms. The van der Waals surface area contributed by atoms with Gasteiger partial charge in [-0.25, -0.2) is 4.39 Å². The van der Waals surface area contributed by atoms with E-state index in [4.69, 9.17) is 0 Å². The highest BCUT2D eigenvalue weighted by molar-refractivity contribution is 9.10. The molecular weight excluding hydrogens is 309 g/mol. The predicted molar refractivity (Wildman–Crippen MR) is 77.9 cm³/mol. The van der Waals surface area contributed by atoms with Gasteiger partial charge < -0.3 is 4.90 Å². The fourth-order valence-corrected chi connectivity index (χ4v) is 2.40. The summed E-state index contributed by atoms with van der Waals surface area (Å²) in [6, 6.07) is 13.7. The second kappa shape index (κ2) is 5.97. The number of anilines is 1. The summed E-state index contributed by atoms with van der Waals surface area (Å²) in [6.07, 6.45) is 0. The molecule has 2 aromatic rings. The van der Waals surface area contributed by atoms with Crippen molar-refractivity contribution >= 4 is 27.5 Å². The lowest BCUT2D eigenvalue weighted by Gasteiger charge is -2.21. The van der Waals surface area contributed by atoms with Crippen molar-refractivity contribution < 1.29 is 9.18 Å². The number of nitrogens with zero attached hydrogens (tertiary/aromatic N) is 1. The topological polar surface area (TPSA) is 20.3 Å². The fraction of sp³-hybridized carbons (Fsp3) is 0.133. The summed E-state index contributed by atoms with van der Waals surface area (Å²) in [6.45, 7) is 2.34. The Kier molecular flexibility index (Phi) is 4.32. The average Bonchev–Trinajstić information content (AvgIpc) is 2.40. The maximum absolute atomic E-state index is 13.8. The summed E-state index contributed by atoms with van der Waals surface area (Å²) < 4.78 is 14.3. The molecule has 0 saturated carbocycles. The van der Waals surface area contributed by atoms with E-state index in [1.165, 1.54) is 6.07 Å². The number of amides is 1. The molecular formula is C15H13BrFNO. The summed E-state index contributed by atoms with van der Waals surface area (Å²) in [5, 5.41) is 0. The summed E-state index contributed by atoms with van der Waals surface area (Å²) >= 11 is 3.23. The molecule has 2 aromatic carbocycles. The molecule has 98 valence electrons. The molecule has 0 N–H and O–H groups in total. The molecule has 2 nitrogen and oxygen atoms in total. The molecule has 2 rings (SSSR count).